The maximum atomic E-state index is 4.52. The number of nitrogens with one attached hydrogen (secondary N) is 1. The normalized spacial score (nSPS) is 12.1. The van der Waals surface area contributed by atoms with E-state index in [1.807, 2.05) is 14.0 Å². The van der Waals surface area contributed by atoms with Gasteiger partial charge < -0.3 is 5.32 Å². The molecule has 0 radical (unpaired) electrons. The highest BCUT2D eigenvalue weighted by atomic mass is 79.9. The number of nitrogens with zero attached hydrogens (tertiary/aromatic N) is 2. The highest BCUT2D eigenvalue weighted by Gasteiger charge is 2.22. The van der Waals surface area contributed by atoms with E-state index in [2.05, 4.69) is 51.8 Å². The Kier molecular flexibility index (Phi) is 4.56. The molecule has 1 rings (SSSR count). The molecule has 3 nitrogen and oxygen atoms in total. The maximum absolute atomic E-state index is 4.52. The molecule has 4 heteroatoms. The Hall–Kier alpha value is -0.350. The minimum atomic E-state index is 0.247. The molecule has 0 aliphatic heterocycles. The lowest BCUT2D eigenvalue weighted by atomic mass is 9.87. The SMILES string of the molecule is CCn1nc(C)c(Br)c1CC(C)(C)CNC. The van der Waals surface area contributed by atoms with Crippen LogP contribution in [-0.2, 0) is 13.0 Å². The molecule has 16 heavy (non-hydrogen) atoms. The second-order valence-corrected chi connectivity index (χ2v) is 5.83. The number of hydrogen-bond acceptors (Lipinski definition) is 2. The van der Waals surface area contributed by atoms with E-state index in [0.29, 0.717) is 0 Å². The van der Waals surface area contributed by atoms with Crippen LogP contribution in [0.1, 0.15) is 32.2 Å². The molecule has 0 aromatic carbocycles. The monoisotopic (exact) mass is 287 g/mol. The van der Waals surface area contributed by atoms with Crippen LogP contribution < -0.4 is 5.32 Å². The number of halogens is 1. The summed E-state index contributed by atoms with van der Waals surface area (Å²) in [7, 11) is 2.00. The highest BCUT2D eigenvalue weighted by molar-refractivity contribution is 9.10. The van der Waals surface area contributed by atoms with Crippen molar-refractivity contribution >= 4 is 15.9 Å². The molecule has 0 aliphatic carbocycles. The van der Waals surface area contributed by atoms with E-state index in [4.69, 9.17) is 0 Å². The molecule has 0 fully saturated rings. The van der Waals surface area contributed by atoms with Gasteiger partial charge in [0, 0.05) is 13.1 Å². The van der Waals surface area contributed by atoms with Gasteiger partial charge >= 0.3 is 0 Å². The first-order valence-electron chi connectivity index (χ1n) is 5.77. The molecule has 1 N–H and O–H groups in total. The fraction of sp³-hybridized carbons (Fsp3) is 0.750. The van der Waals surface area contributed by atoms with Gasteiger partial charge in [0.25, 0.3) is 0 Å². The standard InChI is InChI=1S/C12H22BrN3/c1-6-16-10(11(13)9(2)15-16)7-12(3,4)8-14-5/h14H,6-8H2,1-5H3. The predicted molar refractivity (Wildman–Crippen MR) is 71.7 cm³/mol. The maximum Gasteiger partial charge on any atom is 0.0738 e. The van der Waals surface area contributed by atoms with E-state index < -0.39 is 0 Å². The second-order valence-electron chi connectivity index (χ2n) is 5.03. The molecule has 0 saturated heterocycles. The molecular formula is C12H22BrN3. The third-order valence-corrected chi connectivity index (χ3v) is 3.79. The third-order valence-electron chi connectivity index (χ3n) is 2.75. The van der Waals surface area contributed by atoms with Crippen molar-refractivity contribution in [1.82, 2.24) is 15.1 Å². The van der Waals surface area contributed by atoms with Crippen LogP contribution in [0.4, 0.5) is 0 Å². The van der Waals surface area contributed by atoms with Crippen molar-refractivity contribution in [3.8, 4) is 0 Å². The van der Waals surface area contributed by atoms with E-state index in [1.165, 1.54) is 10.2 Å². The van der Waals surface area contributed by atoms with Crippen LogP contribution in [0.5, 0.6) is 0 Å². The zero-order chi connectivity index (χ0) is 12.3. The third kappa shape index (κ3) is 3.08. The molecule has 1 aromatic heterocycles. The van der Waals surface area contributed by atoms with Gasteiger partial charge in [0.2, 0.25) is 0 Å². The predicted octanol–water partition coefficient (Wildman–Crippen LogP) is 2.76. The summed E-state index contributed by atoms with van der Waals surface area (Å²) in [4.78, 5) is 0. The average Bonchev–Trinajstić information content (AvgIpc) is 2.45. The lowest BCUT2D eigenvalue weighted by Crippen LogP contribution is -2.29. The number of hydrogen-bond donors (Lipinski definition) is 1. The van der Waals surface area contributed by atoms with Crippen LogP contribution in [-0.4, -0.2) is 23.4 Å². The molecule has 1 aromatic rings. The van der Waals surface area contributed by atoms with Gasteiger partial charge in [0.1, 0.15) is 0 Å². The van der Waals surface area contributed by atoms with Crippen molar-refractivity contribution < 1.29 is 0 Å². The Morgan fingerprint density at radius 1 is 1.44 bits per heavy atom. The van der Waals surface area contributed by atoms with E-state index in [9.17, 15) is 0 Å². The fourth-order valence-electron chi connectivity index (χ4n) is 2.03. The fourth-order valence-corrected chi connectivity index (χ4v) is 2.46. The van der Waals surface area contributed by atoms with Gasteiger partial charge in [-0.15, -0.1) is 0 Å². The summed E-state index contributed by atoms with van der Waals surface area (Å²) in [6.45, 7) is 10.7. The van der Waals surface area contributed by atoms with Crippen LogP contribution in [0.15, 0.2) is 4.47 Å². The van der Waals surface area contributed by atoms with E-state index >= 15 is 0 Å². The zero-order valence-electron chi connectivity index (χ0n) is 10.9. The summed E-state index contributed by atoms with van der Waals surface area (Å²) in [5.74, 6) is 0. The molecule has 1 heterocycles. The van der Waals surface area contributed by atoms with Crippen LogP contribution in [0.25, 0.3) is 0 Å². The minimum absolute atomic E-state index is 0.247. The van der Waals surface area contributed by atoms with Gasteiger partial charge in [0.05, 0.1) is 15.9 Å². The molecular weight excluding hydrogens is 266 g/mol. The van der Waals surface area contributed by atoms with Crippen molar-refractivity contribution in [3.63, 3.8) is 0 Å². The Labute approximate surface area is 107 Å². The Morgan fingerprint density at radius 3 is 2.56 bits per heavy atom. The summed E-state index contributed by atoms with van der Waals surface area (Å²) >= 11 is 3.64. The Balaban J connectivity index is 2.95. The Morgan fingerprint density at radius 2 is 2.06 bits per heavy atom. The summed E-state index contributed by atoms with van der Waals surface area (Å²) in [5, 5.41) is 7.77. The van der Waals surface area contributed by atoms with Crippen molar-refractivity contribution in [1.29, 1.82) is 0 Å². The van der Waals surface area contributed by atoms with Crippen molar-refractivity contribution in [2.45, 2.75) is 40.7 Å². The van der Waals surface area contributed by atoms with Crippen LogP contribution in [0, 0.1) is 12.3 Å². The Bertz CT molecular complexity index is 355. The van der Waals surface area contributed by atoms with Gasteiger partial charge in [0.15, 0.2) is 0 Å². The first kappa shape index (κ1) is 13.7. The number of rotatable bonds is 5. The molecule has 0 atom stereocenters. The first-order valence-corrected chi connectivity index (χ1v) is 6.57. The van der Waals surface area contributed by atoms with Crippen LogP contribution in [0.2, 0.25) is 0 Å². The number of aryl methyl sites for hydroxylation is 2. The van der Waals surface area contributed by atoms with E-state index in [1.54, 1.807) is 0 Å². The average molecular weight is 288 g/mol. The van der Waals surface area contributed by atoms with Gasteiger partial charge in [-0.05, 0) is 48.7 Å². The molecule has 0 saturated carbocycles. The van der Waals surface area contributed by atoms with Crippen molar-refractivity contribution in [2.24, 2.45) is 5.41 Å². The first-order chi connectivity index (χ1) is 7.41. The molecule has 0 amide bonds. The zero-order valence-corrected chi connectivity index (χ0v) is 12.5. The molecule has 0 spiro atoms. The molecule has 0 aliphatic rings. The van der Waals surface area contributed by atoms with Gasteiger partial charge in [-0.25, -0.2) is 0 Å². The lowest BCUT2D eigenvalue weighted by molar-refractivity contribution is 0.338. The van der Waals surface area contributed by atoms with Crippen LogP contribution >= 0.6 is 15.9 Å². The van der Waals surface area contributed by atoms with Gasteiger partial charge in [-0.2, -0.15) is 5.10 Å². The molecule has 0 unspecified atom stereocenters. The second kappa shape index (κ2) is 5.32. The summed E-state index contributed by atoms with van der Waals surface area (Å²) < 4.78 is 3.26. The summed E-state index contributed by atoms with van der Waals surface area (Å²) in [6, 6.07) is 0. The highest BCUT2D eigenvalue weighted by Crippen LogP contribution is 2.28. The van der Waals surface area contributed by atoms with E-state index in [-0.39, 0.29) is 5.41 Å². The number of aromatic nitrogens is 2. The molecule has 0 bridgehead atoms. The van der Waals surface area contributed by atoms with Crippen molar-refractivity contribution in [3.05, 3.63) is 15.9 Å². The largest absolute Gasteiger partial charge is 0.319 e. The van der Waals surface area contributed by atoms with Crippen LogP contribution in [0.3, 0.4) is 0 Å². The molecule has 92 valence electrons. The summed E-state index contributed by atoms with van der Waals surface area (Å²) in [6.07, 6.45) is 1.03. The van der Waals surface area contributed by atoms with Crippen molar-refractivity contribution in [2.75, 3.05) is 13.6 Å². The van der Waals surface area contributed by atoms with E-state index in [0.717, 1.165) is 25.2 Å². The minimum Gasteiger partial charge on any atom is -0.319 e. The topological polar surface area (TPSA) is 29.9 Å². The summed E-state index contributed by atoms with van der Waals surface area (Å²) in [5.41, 5.74) is 2.63. The van der Waals surface area contributed by atoms with Gasteiger partial charge in [-0.1, -0.05) is 13.8 Å². The quantitative estimate of drug-likeness (QED) is 0.903. The smallest absolute Gasteiger partial charge is 0.0738 e. The van der Waals surface area contributed by atoms with Gasteiger partial charge in [-0.3, -0.25) is 4.68 Å². The lowest BCUT2D eigenvalue weighted by Gasteiger charge is -2.24.